The Labute approximate surface area is 143 Å². The molecule has 7 nitrogen and oxygen atoms in total. The molecule has 1 amide bonds. The fourth-order valence-corrected chi connectivity index (χ4v) is 2.65. The van der Waals surface area contributed by atoms with Gasteiger partial charge in [-0.3, -0.25) is 4.79 Å². The SMILES string of the molecule is Cc1ccc(-n2nc(NC(=O)c3cnn4cccnc34)cc2C)cc1. The lowest BCUT2D eigenvalue weighted by molar-refractivity contribution is 0.102. The highest BCUT2D eigenvalue weighted by Crippen LogP contribution is 2.17. The van der Waals surface area contributed by atoms with Crippen LogP contribution in [0.5, 0.6) is 0 Å². The Morgan fingerprint density at radius 2 is 1.96 bits per heavy atom. The first-order chi connectivity index (χ1) is 12.1. The number of aryl methyl sites for hydroxylation is 2. The molecule has 0 fully saturated rings. The number of fused-ring (bicyclic) bond motifs is 1. The summed E-state index contributed by atoms with van der Waals surface area (Å²) in [5.74, 6) is 0.195. The molecule has 0 aliphatic rings. The van der Waals surface area contributed by atoms with E-state index in [2.05, 4.69) is 20.5 Å². The first kappa shape index (κ1) is 15.1. The third kappa shape index (κ3) is 2.76. The van der Waals surface area contributed by atoms with Crippen LogP contribution in [0.15, 0.2) is 55.0 Å². The Morgan fingerprint density at radius 3 is 2.76 bits per heavy atom. The predicted octanol–water partition coefficient (Wildman–Crippen LogP) is 2.78. The molecule has 1 N–H and O–H groups in total. The highest BCUT2D eigenvalue weighted by atomic mass is 16.1. The number of rotatable bonds is 3. The Bertz CT molecular complexity index is 1060. The fourth-order valence-electron chi connectivity index (χ4n) is 2.65. The monoisotopic (exact) mass is 332 g/mol. The number of nitrogens with zero attached hydrogens (tertiary/aromatic N) is 5. The van der Waals surface area contributed by atoms with Crippen LogP contribution in [0.25, 0.3) is 11.3 Å². The Balaban J connectivity index is 1.62. The van der Waals surface area contributed by atoms with Gasteiger partial charge in [0.2, 0.25) is 0 Å². The molecular weight excluding hydrogens is 316 g/mol. The van der Waals surface area contributed by atoms with Crippen LogP contribution < -0.4 is 5.32 Å². The molecule has 4 rings (SSSR count). The summed E-state index contributed by atoms with van der Waals surface area (Å²) in [7, 11) is 0. The molecular formula is C18H16N6O. The Hall–Kier alpha value is -3.48. The molecule has 0 saturated carbocycles. The lowest BCUT2D eigenvalue weighted by atomic mass is 10.2. The molecule has 0 bridgehead atoms. The summed E-state index contributed by atoms with van der Waals surface area (Å²) in [5.41, 5.74) is 3.97. The molecule has 0 aliphatic carbocycles. The first-order valence-electron chi connectivity index (χ1n) is 7.85. The summed E-state index contributed by atoms with van der Waals surface area (Å²) in [6.07, 6.45) is 4.88. The number of amides is 1. The highest BCUT2D eigenvalue weighted by molar-refractivity contribution is 6.07. The second-order valence-electron chi connectivity index (χ2n) is 5.82. The van der Waals surface area contributed by atoms with Crippen molar-refractivity contribution in [2.45, 2.75) is 13.8 Å². The second kappa shape index (κ2) is 5.86. The van der Waals surface area contributed by atoms with Crippen LogP contribution >= 0.6 is 0 Å². The van der Waals surface area contributed by atoms with Crippen LogP contribution in [0.4, 0.5) is 5.82 Å². The van der Waals surface area contributed by atoms with Gasteiger partial charge in [0.05, 0.1) is 11.9 Å². The van der Waals surface area contributed by atoms with Gasteiger partial charge in [0.15, 0.2) is 11.5 Å². The average molecular weight is 332 g/mol. The van der Waals surface area contributed by atoms with Gasteiger partial charge in [-0.05, 0) is 32.0 Å². The maximum atomic E-state index is 12.5. The molecule has 0 spiro atoms. The van der Waals surface area contributed by atoms with Crippen LogP contribution in [-0.2, 0) is 0 Å². The molecule has 7 heteroatoms. The molecule has 0 radical (unpaired) electrons. The number of hydrogen-bond donors (Lipinski definition) is 1. The highest BCUT2D eigenvalue weighted by Gasteiger charge is 2.16. The van der Waals surface area contributed by atoms with Crippen molar-refractivity contribution in [3.8, 4) is 5.69 Å². The van der Waals surface area contributed by atoms with Gasteiger partial charge >= 0.3 is 0 Å². The molecule has 3 heterocycles. The van der Waals surface area contributed by atoms with E-state index in [1.807, 2.05) is 44.2 Å². The zero-order valence-electron chi connectivity index (χ0n) is 13.8. The van der Waals surface area contributed by atoms with Gasteiger partial charge < -0.3 is 5.32 Å². The van der Waals surface area contributed by atoms with Crippen LogP contribution in [0.2, 0.25) is 0 Å². The zero-order valence-corrected chi connectivity index (χ0v) is 13.8. The van der Waals surface area contributed by atoms with Crippen LogP contribution in [0.3, 0.4) is 0 Å². The van der Waals surface area contributed by atoms with Crippen molar-refractivity contribution in [3.05, 3.63) is 71.8 Å². The van der Waals surface area contributed by atoms with E-state index in [1.165, 1.54) is 11.8 Å². The molecule has 0 aliphatic heterocycles. The molecule has 0 unspecified atom stereocenters. The van der Waals surface area contributed by atoms with Gasteiger partial charge in [0.1, 0.15) is 5.56 Å². The fraction of sp³-hybridized carbons (Fsp3) is 0.111. The van der Waals surface area contributed by atoms with Crippen LogP contribution in [-0.4, -0.2) is 30.3 Å². The quantitative estimate of drug-likeness (QED) is 0.626. The zero-order chi connectivity index (χ0) is 17.4. The lowest BCUT2D eigenvalue weighted by Crippen LogP contribution is -2.12. The number of hydrogen-bond acceptors (Lipinski definition) is 4. The molecule has 1 aromatic carbocycles. The number of benzene rings is 1. The summed E-state index contributed by atoms with van der Waals surface area (Å²) in [4.78, 5) is 16.7. The second-order valence-corrected chi connectivity index (χ2v) is 5.82. The molecule has 4 aromatic rings. The van der Waals surface area contributed by atoms with Crippen LogP contribution in [0.1, 0.15) is 21.6 Å². The van der Waals surface area contributed by atoms with E-state index in [1.54, 1.807) is 27.7 Å². The van der Waals surface area contributed by atoms with E-state index in [4.69, 9.17) is 0 Å². The number of anilines is 1. The van der Waals surface area contributed by atoms with Crippen molar-refractivity contribution in [1.29, 1.82) is 0 Å². The van der Waals surface area contributed by atoms with Gasteiger partial charge in [-0.1, -0.05) is 17.7 Å². The van der Waals surface area contributed by atoms with Gasteiger partial charge in [-0.25, -0.2) is 14.2 Å². The topological polar surface area (TPSA) is 77.1 Å². The molecule has 0 saturated heterocycles. The predicted molar refractivity (Wildman–Crippen MR) is 94.0 cm³/mol. The summed E-state index contributed by atoms with van der Waals surface area (Å²) >= 11 is 0. The number of aromatic nitrogens is 5. The first-order valence-corrected chi connectivity index (χ1v) is 7.85. The van der Waals surface area contributed by atoms with E-state index in [-0.39, 0.29) is 5.91 Å². The van der Waals surface area contributed by atoms with E-state index in [0.29, 0.717) is 17.0 Å². The van der Waals surface area contributed by atoms with E-state index in [0.717, 1.165) is 11.4 Å². The molecule has 124 valence electrons. The minimum atomic E-state index is -0.290. The minimum absolute atomic E-state index is 0.290. The van der Waals surface area contributed by atoms with Crippen molar-refractivity contribution >= 4 is 17.4 Å². The lowest BCUT2D eigenvalue weighted by Gasteiger charge is -2.04. The summed E-state index contributed by atoms with van der Waals surface area (Å²) < 4.78 is 3.36. The smallest absolute Gasteiger partial charge is 0.262 e. The normalized spacial score (nSPS) is 11.0. The number of nitrogens with one attached hydrogen (secondary N) is 1. The summed E-state index contributed by atoms with van der Waals surface area (Å²) in [6, 6.07) is 11.6. The summed E-state index contributed by atoms with van der Waals surface area (Å²) in [5, 5.41) is 11.4. The minimum Gasteiger partial charge on any atom is -0.305 e. The van der Waals surface area contributed by atoms with Crippen molar-refractivity contribution in [2.24, 2.45) is 0 Å². The average Bonchev–Trinajstić information content (AvgIpc) is 3.19. The largest absolute Gasteiger partial charge is 0.305 e. The van der Waals surface area contributed by atoms with Gasteiger partial charge in [0.25, 0.3) is 5.91 Å². The van der Waals surface area contributed by atoms with Crippen molar-refractivity contribution in [3.63, 3.8) is 0 Å². The number of carbonyl (C=O) groups excluding carboxylic acids is 1. The third-order valence-electron chi connectivity index (χ3n) is 3.93. The molecule has 3 aromatic heterocycles. The van der Waals surface area contributed by atoms with E-state index < -0.39 is 0 Å². The maximum absolute atomic E-state index is 12.5. The molecule has 0 atom stereocenters. The van der Waals surface area contributed by atoms with Crippen LogP contribution in [0, 0.1) is 13.8 Å². The Kier molecular flexibility index (Phi) is 3.53. The van der Waals surface area contributed by atoms with Gasteiger partial charge in [-0.15, -0.1) is 5.10 Å². The van der Waals surface area contributed by atoms with Crippen molar-refractivity contribution in [2.75, 3.05) is 5.32 Å². The third-order valence-corrected chi connectivity index (χ3v) is 3.93. The van der Waals surface area contributed by atoms with Gasteiger partial charge in [0, 0.05) is 24.2 Å². The van der Waals surface area contributed by atoms with Crippen molar-refractivity contribution in [1.82, 2.24) is 24.4 Å². The molecule has 25 heavy (non-hydrogen) atoms. The van der Waals surface area contributed by atoms with E-state index >= 15 is 0 Å². The summed E-state index contributed by atoms with van der Waals surface area (Å²) in [6.45, 7) is 3.98. The van der Waals surface area contributed by atoms with Gasteiger partial charge in [-0.2, -0.15) is 5.10 Å². The maximum Gasteiger partial charge on any atom is 0.262 e. The Morgan fingerprint density at radius 1 is 1.16 bits per heavy atom. The van der Waals surface area contributed by atoms with E-state index in [9.17, 15) is 4.79 Å². The number of carbonyl (C=O) groups is 1. The van der Waals surface area contributed by atoms with Crippen molar-refractivity contribution < 1.29 is 4.79 Å². The standard InChI is InChI=1S/C18H16N6O/c1-12-4-6-14(7-5-12)24-13(2)10-16(22-24)21-18(25)15-11-20-23-9-3-8-19-17(15)23/h3-11H,1-2H3,(H,21,22,25).